The van der Waals surface area contributed by atoms with Gasteiger partial charge in [-0.25, -0.2) is 9.59 Å². The number of carbonyl (C=O) groups excluding carboxylic acids is 2. The van der Waals surface area contributed by atoms with Gasteiger partial charge in [-0.15, -0.1) is 0 Å². The molecule has 10 nitrogen and oxygen atoms in total. The summed E-state index contributed by atoms with van der Waals surface area (Å²) in [6.07, 6.45) is 0.361. The van der Waals surface area contributed by atoms with E-state index < -0.39 is 34.7 Å². The topological polar surface area (TPSA) is 148 Å². The molecule has 0 unspecified atom stereocenters. The van der Waals surface area contributed by atoms with Gasteiger partial charge >= 0.3 is 18.0 Å². The summed E-state index contributed by atoms with van der Waals surface area (Å²) in [7, 11) is 0. The average Bonchev–Trinajstić information content (AvgIpc) is 2.43. The van der Waals surface area contributed by atoms with Crippen LogP contribution < -0.4 is 10.8 Å². The number of hydrogen-bond donors (Lipinski definition) is 3. The minimum Gasteiger partial charge on any atom is -0.481 e. The number of nitrogens with one attached hydrogen (secondary N) is 2. The predicted molar refractivity (Wildman–Crippen MR) is 75.2 cm³/mol. The van der Waals surface area contributed by atoms with Gasteiger partial charge in [0.25, 0.3) is 5.69 Å². The number of carboxylic acids is 1. The molecule has 0 radical (unpaired) electrons. The van der Waals surface area contributed by atoms with Crippen LogP contribution in [-0.4, -0.2) is 28.0 Å². The monoisotopic (exact) mass is 323 g/mol. The van der Waals surface area contributed by atoms with Gasteiger partial charge in [0, 0.05) is 17.8 Å². The predicted octanol–water partition coefficient (Wildman–Crippen LogP) is 1.29. The Labute approximate surface area is 129 Å². The molecule has 1 aliphatic rings. The SMILES string of the molecule is O=C(NOC(=O)C1CC(C(=O)O)C1)Nc1ccc([N+](=O)[O-])cc1. The summed E-state index contributed by atoms with van der Waals surface area (Å²) in [5.74, 6) is -2.77. The molecule has 122 valence electrons. The molecule has 2 amide bonds. The van der Waals surface area contributed by atoms with Gasteiger partial charge in [-0.05, 0) is 25.0 Å². The summed E-state index contributed by atoms with van der Waals surface area (Å²) < 4.78 is 0. The van der Waals surface area contributed by atoms with Crippen LogP contribution in [0.15, 0.2) is 24.3 Å². The first-order chi connectivity index (χ1) is 10.9. The zero-order valence-electron chi connectivity index (χ0n) is 11.7. The van der Waals surface area contributed by atoms with E-state index in [0.717, 1.165) is 0 Å². The lowest BCUT2D eigenvalue weighted by molar-refractivity contribution is -0.384. The van der Waals surface area contributed by atoms with Crippen LogP contribution in [0.25, 0.3) is 0 Å². The number of urea groups is 1. The number of nitrogens with zero attached hydrogens (tertiary/aromatic N) is 1. The highest BCUT2D eigenvalue weighted by Crippen LogP contribution is 2.34. The van der Waals surface area contributed by atoms with E-state index in [0.29, 0.717) is 0 Å². The Morgan fingerprint density at radius 1 is 1.17 bits per heavy atom. The molecule has 23 heavy (non-hydrogen) atoms. The molecule has 10 heteroatoms. The van der Waals surface area contributed by atoms with Crippen LogP contribution in [0.1, 0.15) is 12.8 Å². The lowest BCUT2D eigenvalue weighted by Crippen LogP contribution is -2.40. The van der Waals surface area contributed by atoms with Gasteiger partial charge in [0.2, 0.25) is 0 Å². The lowest BCUT2D eigenvalue weighted by atomic mass is 9.75. The molecule has 3 N–H and O–H groups in total. The van der Waals surface area contributed by atoms with Crippen LogP contribution in [0.5, 0.6) is 0 Å². The van der Waals surface area contributed by atoms with E-state index in [1.54, 1.807) is 0 Å². The van der Waals surface area contributed by atoms with Crippen LogP contribution >= 0.6 is 0 Å². The molecule has 0 spiro atoms. The quantitative estimate of drug-likeness (QED) is 0.558. The third kappa shape index (κ3) is 4.15. The molecule has 1 aromatic rings. The molecular weight excluding hydrogens is 310 g/mol. The summed E-state index contributed by atoms with van der Waals surface area (Å²) >= 11 is 0. The van der Waals surface area contributed by atoms with Crippen molar-refractivity contribution < 1.29 is 29.3 Å². The van der Waals surface area contributed by atoms with E-state index in [2.05, 4.69) is 10.2 Å². The van der Waals surface area contributed by atoms with Crippen LogP contribution in [0.3, 0.4) is 0 Å². The Bertz CT molecular complexity index is 637. The van der Waals surface area contributed by atoms with Crippen molar-refractivity contribution in [2.45, 2.75) is 12.8 Å². The molecule has 0 aromatic heterocycles. The normalized spacial score (nSPS) is 19.1. The highest BCUT2D eigenvalue weighted by atomic mass is 16.7. The van der Waals surface area contributed by atoms with E-state index in [1.807, 2.05) is 5.48 Å². The van der Waals surface area contributed by atoms with Crippen molar-refractivity contribution >= 4 is 29.3 Å². The standard InChI is InChI=1S/C13H13N3O7/c17-11(18)7-5-8(6-7)12(19)23-15-13(20)14-9-1-3-10(4-2-9)16(21)22/h1-4,7-8H,5-6H2,(H,17,18)(H2,14,15,20). The van der Waals surface area contributed by atoms with Crippen LogP contribution in [0.2, 0.25) is 0 Å². The van der Waals surface area contributed by atoms with Gasteiger partial charge in [-0.1, -0.05) is 0 Å². The van der Waals surface area contributed by atoms with Gasteiger partial charge in [0.15, 0.2) is 0 Å². The zero-order chi connectivity index (χ0) is 17.0. The van der Waals surface area contributed by atoms with Crippen molar-refractivity contribution in [1.82, 2.24) is 5.48 Å². The van der Waals surface area contributed by atoms with E-state index in [1.165, 1.54) is 24.3 Å². The number of nitro benzene ring substituents is 1. The van der Waals surface area contributed by atoms with E-state index in [-0.39, 0.29) is 24.2 Å². The Hall–Kier alpha value is -3.17. The molecule has 2 rings (SSSR count). The Morgan fingerprint density at radius 3 is 2.30 bits per heavy atom. The fourth-order valence-corrected chi connectivity index (χ4v) is 2.02. The molecule has 0 saturated heterocycles. The van der Waals surface area contributed by atoms with Crippen molar-refractivity contribution in [3.05, 3.63) is 34.4 Å². The van der Waals surface area contributed by atoms with Gasteiger partial charge in [-0.3, -0.25) is 14.9 Å². The summed E-state index contributed by atoms with van der Waals surface area (Å²) in [6.45, 7) is 0. The maximum Gasteiger partial charge on any atom is 0.352 e. The van der Waals surface area contributed by atoms with Gasteiger partial charge in [0.05, 0.1) is 16.8 Å². The van der Waals surface area contributed by atoms with Crippen molar-refractivity contribution in [1.29, 1.82) is 0 Å². The number of rotatable bonds is 4. The van der Waals surface area contributed by atoms with E-state index in [9.17, 15) is 24.5 Å². The fraction of sp³-hybridized carbons (Fsp3) is 0.308. The molecule has 1 aliphatic carbocycles. The maximum absolute atomic E-state index is 11.5. The molecule has 0 atom stereocenters. The Kier molecular flexibility index (Phi) is 4.74. The average molecular weight is 323 g/mol. The van der Waals surface area contributed by atoms with Crippen molar-refractivity contribution in [3.8, 4) is 0 Å². The largest absolute Gasteiger partial charge is 0.481 e. The molecule has 0 bridgehead atoms. The summed E-state index contributed by atoms with van der Waals surface area (Å²) in [5.41, 5.74) is 2.03. The number of aliphatic carboxylic acids is 1. The summed E-state index contributed by atoms with van der Waals surface area (Å²) in [4.78, 5) is 48.1. The van der Waals surface area contributed by atoms with E-state index in [4.69, 9.17) is 5.11 Å². The highest BCUT2D eigenvalue weighted by Gasteiger charge is 2.40. The summed E-state index contributed by atoms with van der Waals surface area (Å²) in [5, 5.41) is 21.5. The number of carbonyl (C=O) groups is 3. The van der Waals surface area contributed by atoms with Crippen molar-refractivity contribution in [2.75, 3.05) is 5.32 Å². The maximum atomic E-state index is 11.5. The summed E-state index contributed by atoms with van der Waals surface area (Å²) in [6, 6.07) is 4.23. The van der Waals surface area contributed by atoms with E-state index >= 15 is 0 Å². The zero-order valence-corrected chi connectivity index (χ0v) is 11.7. The van der Waals surface area contributed by atoms with Gasteiger partial charge in [-0.2, -0.15) is 5.48 Å². The van der Waals surface area contributed by atoms with Crippen LogP contribution in [0.4, 0.5) is 16.2 Å². The number of anilines is 1. The molecule has 1 saturated carbocycles. The third-order valence-electron chi connectivity index (χ3n) is 3.40. The van der Waals surface area contributed by atoms with Gasteiger partial charge < -0.3 is 15.3 Å². The smallest absolute Gasteiger partial charge is 0.352 e. The third-order valence-corrected chi connectivity index (χ3v) is 3.40. The second kappa shape index (κ2) is 6.73. The molecule has 0 heterocycles. The van der Waals surface area contributed by atoms with Crippen molar-refractivity contribution in [3.63, 3.8) is 0 Å². The minimum atomic E-state index is -0.960. The lowest BCUT2D eigenvalue weighted by Gasteiger charge is -2.29. The van der Waals surface area contributed by atoms with Crippen LogP contribution in [0, 0.1) is 22.0 Å². The second-order valence-corrected chi connectivity index (χ2v) is 4.98. The molecule has 0 aliphatic heterocycles. The van der Waals surface area contributed by atoms with Crippen molar-refractivity contribution in [2.24, 2.45) is 11.8 Å². The van der Waals surface area contributed by atoms with Gasteiger partial charge in [0.1, 0.15) is 0 Å². The molecule has 1 fully saturated rings. The van der Waals surface area contributed by atoms with Crippen LogP contribution in [-0.2, 0) is 14.4 Å². The molecule has 1 aromatic carbocycles. The number of hydrogen-bond acceptors (Lipinski definition) is 6. The number of hydroxylamine groups is 1. The second-order valence-electron chi connectivity index (χ2n) is 4.98. The Morgan fingerprint density at radius 2 is 1.78 bits per heavy atom. The minimum absolute atomic E-state index is 0.125. The Balaban J connectivity index is 1.74. The first kappa shape index (κ1) is 16.2. The fourth-order valence-electron chi connectivity index (χ4n) is 2.02. The number of carboxylic acid groups (broad SMARTS) is 1. The number of non-ortho nitro benzene ring substituents is 1. The first-order valence-corrected chi connectivity index (χ1v) is 6.61. The number of benzene rings is 1. The highest BCUT2D eigenvalue weighted by molar-refractivity contribution is 5.89. The molecular formula is C13H13N3O7. The number of nitro groups is 1. The first-order valence-electron chi connectivity index (χ1n) is 6.61. The number of amides is 2.